The van der Waals surface area contributed by atoms with Gasteiger partial charge in [-0.05, 0) is 67.4 Å². The van der Waals surface area contributed by atoms with E-state index in [1.54, 1.807) is 42.3 Å². The van der Waals surface area contributed by atoms with Gasteiger partial charge < -0.3 is 18.6 Å². The number of nitrogens with zero attached hydrogens (tertiary/aromatic N) is 1. The van der Waals surface area contributed by atoms with Crippen LogP contribution in [0.1, 0.15) is 36.2 Å². The molecule has 0 spiro atoms. The average molecular weight is 502 g/mol. The van der Waals surface area contributed by atoms with Crippen molar-refractivity contribution < 1.29 is 31.3 Å². The van der Waals surface area contributed by atoms with E-state index in [0.29, 0.717) is 23.6 Å². The van der Waals surface area contributed by atoms with Gasteiger partial charge in [0.1, 0.15) is 28.0 Å². The van der Waals surface area contributed by atoms with Gasteiger partial charge in [0.25, 0.3) is 5.91 Å². The minimum atomic E-state index is -4.10. The number of carbonyl (C=O) groups excluding carboxylic acids is 1. The molecule has 1 atom stereocenters. The van der Waals surface area contributed by atoms with Crippen molar-refractivity contribution in [3.63, 3.8) is 0 Å². The number of hydrogen-bond donors (Lipinski definition) is 0. The van der Waals surface area contributed by atoms with Crippen LogP contribution in [0.4, 0.5) is 4.39 Å². The number of amides is 1. The smallest absolute Gasteiger partial charge is 0.339 e. The van der Waals surface area contributed by atoms with Crippen molar-refractivity contribution >= 4 is 16.0 Å². The van der Waals surface area contributed by atoms with Crippen molar-refractivity contribution in [2.24, 2.45) is 0 Å². The summed E-state index contributed by atoms with van der Waals surface area (Å²) >= 11 is 0. The second-order valence-corrected chi connectivity index (χ2v) is 9.44. The lowest BCUT2D eigenvalue weighted by molar-refractivity contribution is 0.0668. The summed E-state index contributed by atoms with van der Waals surface area (Å²) in [6.45, 7) is 4.25. The molecule has 0 aliphatic rings. The largest absolute Gasteiger partial charge is 0.497 e. The van der Waals surface area contributed by atoms with E-state index in [4.69, 9.17) is 13.7 Å². The zero-order valence-electron chi connectivity index (χ0n) is 20.0. The highest BCUT2D eigenvalue weighted by Gasteiger charge is 2.24. The first-order valence-electron chi connectivity index (χ1n) is 11.0. The van der Waals surface area contributed by atoms with Gasteiger partial charge >= 0.3 is 10.1 Å². The number of hydrogen-bond acceptors (Lipinski definition) is 6. The standard InChI is InChI=1S/C26H28FNO6S/c1-5-18(2)28(26(29)24-15-12-22(32-3)16-25(24)33-4)17-19-6-10-21(11-7-19)34-35(30,31)23-13-8-20(27)9-14-23/h6-16,18H,5,17H2,1-4H3. The predicted molar refractivity (Wildman–Crippen MR) is 130 cm³/mol. The van der Waals surface area contributed by atoms with Crippen LogP contribution in [0.5, 0.6) is 17.2 Å². The fraction of sp³-hybridized carbons (Fsp3) is 0.269. The maximum absolute atomic E-state index is 13.4. The van der Waals surface area contributed by atoms with Crippen LogP contribution in [-0.2, 0) is 16.7 Å². The summed E-state index contributed by atoms with van der Waals surface area (Å²) in [5, 5.41) is 0. The molecule has 9 heteroatoms. The molecule has 186 valence electrons. The molecule has 0 aliphatic heterocycles. The fourth-order valence-corrected chi connectivity index (χ4v) is 4.33. The number of benzene rings is 3. The van der Waals surface area contributed by atoms with Crippen LogP contribution in [0.3, 0.4) is 0 Å². The highest BCUT2D eigenvalue weighted by atomic mass is 32.2. The van der Waals surface area contributed by atoms with E-state index >= 15 is 0 Å². The van der Waals surface area contributed by atoms with E-state index in [2.05, 4.69) is 0 Å². The summed E-state index contributed by atoms with van der Waals surface area (Å²) in [6.07, 6.45) is 0.737. The molecule has 1 unspecified atom stereocenters. The first-order chi connectivity index (χ1) is 16.7. The van der Waals surface area contributed by atoms with E-state index in [9.17, 15) is 17.6 Å². The molecule has 0 fully saturated rings. The quantitative estimate of drug-likeness (QED) is 0.362. The average Bonchev–Trinajstić information content (AvgIpc) is 2.87. The summed E-state index contributed by atoms with van der Waals surface area (Å²) in [4.78, 5) is 15.0. The summed E-state index contributed by atoms with van der Waals surface area (Å²) in [5.74, 6) is 0.368. The summed E-state index contributed by atoms with van der Waals surface area (Å²) in [7, 11) is -1.06. The van der Waals surface area contributed by atoms with Crippen LogP contribution in [0.25, 0.3) is 0 Å². The Kier molecular flexibility index (Phi) is 8.34. The molecule has 7 nitrogen and oxygen atoms in total. The van der Waals surface area contributed by atoms with Crippen molar-refractivity contribution in [3.8, 4) is 17.2 Å². The van der Waals surface area contributed by atoms with Gasteiger partial charge in [-0.1, -0.05) is 19.1 Å². The molecular weight excluding hydrogens is 473 g/mol. The van der Waals surface area contributed by atoms with Crippen molar-refractivity contribution in [2.75, 3.05) is 14.2 Å². The lowest BCUT2D eigenvalue weighted by Crippen LogP contribution is -2.38. The van der Waals surface area contributed by atoms with E-state index in [1.807, 2.05) is 13.8 Å². The van der Waals surface area contributed by atoms with E-state index in [1.165, 1.54) is 19.2 Å². The summed E-state index contributed by atoms with van der Waals surface area (Å²) < 4.78 is 53.8. The van der Waals surface area contributed by atoms with Crippen molar-refractivity contribution in [2.45, 2.75) is 37.8 Å². The SMILES string of the molecule is CCC(C)N(Cc1ccc(OS(=O)(=O)c2ccc(F)cc2)cc1)C(=O)c1ccc(OC)cc1OC. The van der Waals surface area contributed by atoms with Crippen molar-refractivity contribution in [1.29, 1.82) is 0 Å². The molecule has 3 rings (SSSR count). The maximum atomic E-state index is 13.4. The van der Waals surface area contributed by atoms with Crippen LogP contribution in [0.15, 0.2) is 71.6 Å². The maximum Gasteiger partial charge on any atom is 0.339 e. The van der Waals surface area contributed by atoms with Crippen LogP contribution >= 0.6 is 0 Å². The Morgan fingerprint density at radius 2 is 1.57 bits per heavy atom. The number of carbonyl (C=O) groups is 1. The van der Waals surface area contributed by atoms with Gasteiger partial charge in [-0.25, -0.2) is 4.39 Å². The van der Waals surface area contributed by atoms with Gasteiger partial charge in [-0.2, -0.15) is 8.42 Å². The molecule has 0 bridgehead atoms. The van der Waals surface area contributed by atoms with Crippen LogP contribution in [0, 0.1) is 5.82 Å². The predicted octanol–water partition coefficient (Wildman–Crippen LogP) is 5.05. The normalized spacial score (nSPS) is 12.0. The molecule has 3 aromatic carbocycles. The van der Waals surface area contributed by atoms with Crippen LogP contribution < -0.4 is 13.7 Å². The Morgan fingerprint density at radius 1 is 0.943 bits per heavy atom. The molecule has 0 N–H and O–H groups in total. The van der Waals surface area contributed by atoms with E-state index in [-0.39, 0.29) is 22.6 Å². The Balaban J connectivity index is 1.80. The van der Waals surface area contributed by atoms with E-state index < -0.39 is 15.9 Å². The lowest BCUT2D eigenvalue weighted by Gasteiger charge is -2.29. The minimum Gasteiger partial charge on any atom is -0.497 e. The molecule has 0 aromatic heterocycles. The monoisotopic (exact) mass is 501 g/mol. The Bertz CT molecular complexity index is 1260. The molecule has 0 heterocycles. The third-order valence-electron chi connectivity index (χ3n) is 5.61. The molecule has 0 saturated heterocycles. The van der Waals surface area contributed by atoms with Crippen LogP contribution in [0.2, 0.25) is 0 Å². The highest BCUT2D eigenvalue weighted by molar-refractivity contribution is 7.87. The Hall–Kier alpha value is -3.59. The van der Waals surface area contributed by atoms with Crippen LogP contribution in [-0.4, -0.2) is 39.5 Å². The third kappa shape index (κ3) is 6.30. The number of ether oxygens (including phenoxy) is 2. The second-order valence-electron chi connectivity index (χ2n) is 7.89. The first-order valence-corrected chi connectivity index (χ1v) is 12.4. The highest BCUT2D eigenvalue weighted by Crippen LogP contribution is 2.28. The third-order valence-corrected chi connectivity index (χ3v) is 6.87. The molecule has 1 amide bonds. The van der Waals surface area contributed by atoms with Gasteiger partial charge in [-0.3, -0.25) is 4.79 Å². The topological polar surface area (TPSA) is 82.1 Å². The van der Waals surface area contributed by atoms with Gasteiger partial charge in [0.15, 0.2) is 0 Å². The van der Waals surface area contributed by atoms with Gasteiger partial charge in [0.2, 0.25) is 0 Å². The summed E-state index contributed by atoms with van der Waals surface area (Å²) in [5.41, 5.74) is 1.21. The first kappa shape index (κ1) is 26.0. The molecule has 3 aromatic rings. The number of rotatable bonds is 10. The molecule has 0 radical (unpaired) electrons. The van der Waals surface area contributed by atoms with Gasteiger partial charge in [0.05, 0.1) is 19.8 Å². The Morgan fingerprint density at radius 3 is 2.14 bits per heavy atom. The molecule has 0 aliphatic carbocycles. The van der Waals surface area contributed by atoms with Crippen molar-refractivity contribution in [1.82, 2.24) is 4.90 Å². The zero-order valence-corrected chi connectivity index (χ0v) is 20.8. The minimum absolute atomic E-state index is 0.0657. The number of methoxy groups -OCH3 is 2. The lowest BCUT2D eigenvalue weighted by atomic mass is 10.1. The van der Waals surface area contributed by atoms with Gasteiger partial charge in [0, 0.05) is 18.7 Å². The summed E-state index contributed by atoms with van der Waals surface area (Å²) in [6, 6.07) is 15.8. The molecular formula is C26H28FNO6S. The molecule has 0 saturated carbocycles. The second kappa shape index (κ2) is 11.2. The number of halogens is 1. The Labute approximate surface area is 205 Å². The molecule has 35 heavy (non-hydrogen) atoms. The zero-order chi connectivity index (χ0) is 25.6. The van der Waals surface area contributed by atoms with E-state index in [0.717, 1.165) is 36.2 Å². The van der Waals surface area contributed by atoms with Gasteiger partial charge in [-0.15, -0.1) is 0 Å². The fourth-order valence-electron chi connectivity index (χ4n) is 3.40. The van der Waals surface area contributed by atoms with Crippen molar-refractivity contribution in [3.05, 3.63) is 83.7 Å².